The Morgan fingerprint density at radius 1 is 0.909 bits per heavy atom. The van der Waals surface area contributed by atoms with E-state index in [2.05, 4.69) is 21.7 Å². The first kappa shape index (κ1) is 27.7. The minimum Gasteiger partial charge on any atom is -0.480 e. The van der Waals surface area contributed by atoms with Crippen LogP contribution < -0.4 is 0 Å². The van der Waals surface area contributed by atoms with Crippen LogP contribution in [0.2, 0.25) is 0 Å². The lowest BCUT2D eigenvalue weighted by Crippen LogP contribution is -2.46. The summed E-state index contributed by atoms with van der Waals surface area (Å²) in [6.45, 7) is 6.62. The summed E-state index contributed by atoms with van der Waals surface area (Å²) < 4.78 is 0. The molecule has 0 aromatic heterocycles. The highest BCUT2D eigenvalue weighted by Crippen LogP contribution is 2.23. The number of carboxylic acids is 1. The van der Waals surface area contributed by atoms with Gasteiger partial charge in [0, 0.05) is 71.7 Å². The molecule has 0 bridgehead atoms. The second-order valence-electron chi connectivity index (χ2n) is 9.01. The summed E-state index contributed by atoms with van der Waals surface area (Å²) in [7, 11) is 4.12. The second-order valence-corrected chi connectivity index (χ2v) is 10.0. The van der Waals surface area contributed by atoms with Crippen molar-refractivity contribution in [3.8, 4) is 0 Å². The molecule has 2 amide bonds. The van der Waals surface area contributed by atoms with E-state index in [1.165, 1.54) is 16.7 Å². The highest BCUT2D eigenvalue weighted by Gasteiger charge is 2.37. The number of ketones is 1. The molecule has 0 aliphatic carbocycles. The molecule has 2 heterocycles. The Kier molecular flexibility index (Phi) is 11.8. The number of amides is 2. The number of likely N-dealkylation sites (tertiary alicyclic amines) is 1. The number of nitrogens with zero attached hydrogens (tertiary/aromatic N) is 5. The van der Waals surface area contributed by atoms with E-state index in [4.69, 9.17) is 0 Å². The zero-order chi connectivity index (χ0) is 24.4. The van der Waals surface area contributed by atoms with E-state index in [-0.39, 0.29) is 35.8 Å². The van der Waals surface area contributed by atoms with Gasteiger partial charge in [-0.05, 0) is 26.8 Å². The summed E-state index contributed by atoms with van der Waals surface area (Å²) in [5.41, 5.74) is 0. The van der Waals surface area contributed by atoms with Crippen LogP contribution in [0.3, 0.4) is 0 Å². The van der Waals surface area contributed by atoms with Crippen molar-refractivity contribution in [3.63, 3.8) is 0 Å². The van der Waals surface area contributed by atoms with Gasteiger partial charge in [0.25, 0.3) is 0 Å². The highest BCUT2D eigenvalue weighted by atomic mass is 32.2. The highest BCUT2D eigenvalue weighted by molar-refractivity contribution is 8.00. The number of hydrogen-bond acceptors (Lipinski definition) is 9. The fourth-order valence-corrected chi connectivity index (χ4v) is 4.68. The molecule has 1 unspecified atom stereocenters. The molecule has 2 saturated heterocycles. The van der Waals surface area contributed by atoms with E-state index in [0.29, 0.717) is 45.6 Å². The van der Waals surface area contributed by atoms with Crippen LogP contribution in [0.5, 0.6) is 0 Å². The first-order chi connectivity index (χ1) is 15.7. The summed E-state index contributed by atoms with van der Waals surface area (Å²) in [5, 5.41) is 8.95. The molecule has 2 rings (SSSR count). The summed E-state index contributed by atoms with van der Waals surface area (Å²) in [6.07, 6.45) is 2.87. The van der Waals surface area contributed by atoms with Crippen molar-refractivity contribution in [1.29, 1.82) is 0 Å². The fourth-order valence-electron chi connectivity index (χ4n) is 4.04. The zero-order valence-electron chi connectivity index (χ0n) is 20.2. The molecule has 188 valence electrons. The van der Waals surface area contributed by atoms with Crippen molar-refractivity contribution in [2.24, 2.45) is 0 Å². The Balaban J connectivity index is 1.86. The molecule has 2 aliphatic rings. The Bertz CT molecular complexity index is 694. The van der Waals surface area contributed by atoms with Crippen molar-refractivity contribution >= 4 is 35.3 Å². The number of carboxylic acid groups (broad SMARTS) is 1. The van der Waals surface area contributed by atoms with Crippen LogP contribution in [0.25, 0.3) is 0 Å². The van der Waals surface area contributed by atoms with Gasteiger partial charge < -0.3 is 14.9 Å². The number of hydrogen-bond donors (Lipinski definition) is 1. The molecule has 2 aliphatic heterocycles. The third-order valence-corrected chi connectivity index (χ3v) is 7.21. The van der Waals surface area contributed by atoms with E-state index < -0.39 is 5.97 Å². The molecule has 33 heavy (non-hydrogen) atoms. The molecule has 1 N–H and O–H groups in total. The molecule has 1 atom stereocenters. The van der Waals surface area contributed by atoms with Gasteiger partial charge in [0.2, 0.25) is 11.8 Å². The molecule has 0 saturated carbocycles. The number of carbonyl (C=O) groups is 4. The lowest BCUT2D eigenvalue weighted by atomic mass is 10.2. The van der Waals surface area contributed by atoms with Crippen molar-refractivity contribution in [1.82, 2.24) is 24.5 Å². The molecule has 10 nitrogen and oxygen atoms in total. The quantitative estimate of drug-likeness (QED) is 0.425. The number of aliphatic carboxylic acids is 1. The third kappa shape index (κ3) is 9.70. The van der Waals surface area contributed by atoms with Gasteiger partial charge in [0.15, 0.2) is 0 Å². The minimum atomic E-state index is -0.846. The number of carbonyl (C=O) groups excluding carboxylic acids is 3. The standard InChI is InChI=1S/C22H39N5O5S/c1-23-7-8-24(2)10-12-26(17-21(30)31)14-13-25(11-9-23)16-18(28)5-4-6-27-20(29)15-19(33-3)22(27)32/h19H,4-17H2,1-3H3,(H,30,31). The maximum atomic E-state index is 12.7. The second kappa shape index (κ2) is 14.0. The molecule has 0 aromatic rings. The van der Waals surface area contributed by atoms with Crippen molar-refractivity contribution in [2.45, 2.75) is 24.5 Å². The van der Waals surface area contributed by atoms with E-state index >= 15 is 0 Å². The van der Waals surface area contributed by atoms with E-state index in [1.54, 1.807) is 0 Å². The lowest BCUT2D eigenvalue weighted by molar-refractivity contribution is -0.139. The zero-order valence-corrected chi connectivity index (χ0v) is 21.0. The third-order valence-electron chi connectivity index (χ3n) is 6.28. The maximum absolute atomic E-state index is 12.7. The fraction of sp³-hybridized carbons (Fsp3) is 0.818. The smallest absolute Gasteiger partial charge is 0.317 e. The van der Waals surface area contributed by atoms with Gasteiger partial charge in [-0.2, -0.15) is 11.8 Å². The topological polar surface area (TPSA) is 105 Å². The van der Waals surface area contributed by atoms with Gasteiger partial charge in [0.05, 0.1) is 18.3 Å². The lowest BCUT2D eigenvalue weighted by Gasteiger charge is -2.31. The molecule has 11 heteroatoms. The molecule has 0 aromatic carbocycles. The van der Waals surface area contributed by atoms with Gasteiger partial charge in [-0.1, -0.05) is 0 Å². The average molecular weight is 486 g/mol. The largest absolute Gasteiger partial charge is 0.480 e. The summed E-state index contributed by atoms with van der Waals surface area (Å²) in [5.74, 6) is -1.06. The Hall–Kier alpha value is -1.53. The average Bonchev–Trinajstić information content (AvgIpc) is 3.03. The van der Waals surface area contributed by atoms with E-state index in [0.717, 1.165) is 32.7 Å². The molecular formula is C22H39N5O5S. The van der Waals surface area contributed by atoms with Gasteiger partial charge in [0.1, 0.15) is 5.78 Å². The van der Waals surface area contributed by atoms with Crippen LogP contribution in [0, 0.1) is 0 Å². The molecule has 0 radical (unpaired) electrons. The summed E-state index contributed by atoms with van der Waals surface area (Å²) in [6, 6.07) is 0. The number of Topliss-reactive ketones (excluding diaryl/α,β-unsaturated/α-hetero) is 1. The van der Waals surface area contributed by atoms with Crippen LogP contribution in [0.1, 0.15) is 19.3 Å². The van der Waals surface area contributed by atoms with E-state index in [9.17, 15) is 24.3 Å². The predicted octanol–water partition coefficient (Wildman–Crippen LogP) is -0.608. The van der Waals surface area contributed by atoms with Crippen LogP contribution in [0.15, 0.2) is 0 Å². The normalized spacial score (nSPS) is 23.5. The molecule has 2 fully saturated rings. The Morgan fingerprint density at radius 2 is 1.42 bits per heavy atom. The molecule has 0 spiro atoms. The number of likely N-dealkylation sites (N-methyl/N-ethyl adjacent to an activating group) is 2. The van der Waals surface area contributed by atoms with Crippen LogP contribution in [-0.4, -0.2) is 151 Å². The summed E-state index contributed by atoms with van der Waals surface area (Å²) in [4.78, 5) is 57.9. The SMILES string of the molecule is CSC1CC(=O)N(CCCC(=O)CN2CCN(C)CCN(C)CCN(CC(=O)O)CC2)C1=O. The van der Waals surface area contributed by atoms with Gasteiger partial charge in [-0.15, -0.1) is 0 Å². The van der Waals surface area contributed by atoms with Crippen LogP contribution in [0.4, 0.5) is 0 Å². The first-order valence-corrected chi connectivity index (χ1v) is 12.9. The van der Waals surface area contributed by atoms with Gasteiger partial charge >= 0.3 is 5.97 Å². The van der Waals surface area contributed by atoms with E-state index in [1.807, 2.05) is 18.2 Å². The predicted molar refractivity (Wildman–Crippen MR) is 128 cm³/mol. The minimum absolute atomic E-state index is 0.00946. The number of imide groups is 1. The van der Waals surface area contributed by atoms with Gasteiger partial charge in [-0.25, -0.2) is 0 Å². The van der Waals surface area contributed by atoms with Crippen molar-refractivity contribution in [2.75, 3.05) is 92.3 Å². The Morgan fingerprint density at radius 3 is 1.94 bits per heavy atom. The number of rotatable bonds is 9. The Labute approximate surface area is 201 Å². The first-order valence-electron chi connectivity index (χ1n) is 11.6. The van der Waals surface area contributed by atoms with Crippen LogP contribution >= 0.6 is 11.8 Å². The summed E-state index contributed by atoms with van der Waals surface area (Å²) >= 11 is 1.39. The maximum Gasteiger partial charge on any atom is 0.317 e. The van der Waals surface area contributed by atoms with Crippen molar-refractivity contribution in [3.05, 3.63) is 0 Å². The van der Waals surface area contributed by atoms with Crippen molar-refractivity contribution < 1.29 is 24.3 Å². The van der Waals surface area contributed by atoms with Gasteiger partial charge in [-0.3, -0.25) is 33.9 Å². The van der Waals surface area contributed by atoms with Crippen LogP contribution in [-0.2, 0) is 19.2 Å². The molecular weight excluding hydrogens is 446 g/mol. The monoisotopic (exact) mass is 485 g/mol. The number of thioether (sulfide) groups is 1.